The van der Waals surface area contributed by atoms with E-state index in [0.717, 1.165) is 17.9 Å². The average Bonchev–Trinajstić information content (AvgIpc) is 2.09. The SMILES string of the molecule is C.CNCc1cnc(S)nc1NC(C)C. The zero-order valence-electron chi connectivity index (χ0n) is 8.70. The molecule has 0 spiro atoms. The number of aromatic nitrogens is 2. The average molecular weight is 228 g/mol. The van der Waals surface area contributed by atoms with Crippen LogP contribution < -0.4 is 10.6 Å². The Hall–Kier alpha value is -0.810. The highest BCUT2D eigenvalue weighted by Crippen LogP contribution is 2.13. The molecule has 1 aromatic heterocycles. The van der Waals surface area contributed by atoms with E-state index in [1.165, 1.54) is 0 Å². The Balaban J connectivity index is 0.00000196. The number of hydrogen-bond donors (Lipinski definition) is 3. The molecule has 4 nitrogen and oxygen atoms in total. The monoisotopic (exact) mass is 228 g/mol. The van der Waals surface area contributed by atoms with Crippen LogP contribution in [0, 0.1) is 0 Å². The number of anilines is 1. The highest BCUT2D eigenvalue weighted by molar-refractivity contribution is 7.80. The van der Waals surface area contributed by atoms with Gasteiger partial charge in [-0.15, -0.1) is 12.6 Å². The topological polar surface area (TPSA) is 49.8 Å². The van der Waals surface area contributed by atoms with Crippen LogP contribution in [-0.2, 0) is 6.54 Å². The summed E-state index contributed by atoms with van der Waals surface area (Å²) in [5, 5.41) is 6.82. The lowest BCUT2D eigenvalue weighted by Gasteiger charge is -2.13. The smallest absolute Gasteiger partial charge is 0.186 e. The van der Waals surface area contributed by atoms with Gasteiger partial charge in [-0.2, -0.15) is 0 Å². The van der Waals surface area contributed by atoms with Crippen LogP contribution in [-0.4, -0.2) is 23.1 Å². The number of thiol groups is 1. The fraction of sp³-hybridized carbons (Fsp3) is 0.600. The maximum absolute atomic E-state index is 4.23. The van der Waals surface area contributed by atoms with Gasteiger partial charge < -0.3 is 10.6 Å². The van der Waals surface area contributed by atoms with Crippen LogP contribution in [0.5, 0.6) is 0 Å². The molecule has 2 N–H and O–H groups in total. The van der Waals surface area contributed by atoms with E-state index in [1.807, 2.05) is 7.05 Å². The summed E-state index contributed by atoms with van der Waals surface area (Å²) in [6, 6.07) is 0.355. The van der Waals surface area contributed by atoms with Crippen molar-refractivity contribution in [2.24, 2.45) is 0 Å². The van der Waals surface area contributed by atoms with E-state index >= 15 is 0 Å². The molecule has 0 fully saturated rings. The van der Waals surface area contributed by atoms with Crippen molar-refractivity contribution < 1.29 is 0 Å². The molecule has 86 valence electrons. The van der Waals surface area contributed by atoms with Crippen LogP contribution in [0.1, 0.15) is 26.8 Å². The molecule has 15 heavy (non-hydrogen) atoms. The largest absolute Gasteiger partial charge is 0.367 e. The van der Waals surface area contributed by atoms with Gasteiger partial charge >= 0.3 is 0 Å². The van der Waals surface area contributed by atoms with E-state index in [1.54, 1.807) is 6.20 Å². The highest BCUT2D eigenvalue weighted by atomic mass is 32.1. The Labute approximate surface area is 97.3 Å². The minimum atomic E-state index is 0. The molecule has 0 atom stereocenters. The number of nitrogens with one attached hydrogen (secondary N) is 2. The molecule has 0 saturated carbocycles. The number of rotatable bonds is 4. The van der Waals surface area contributed by atoms with E-state index < -0.39 is 0 Å². The standard InChI is InChI=1S/C9H16N4S.CH4/c1-6(2)12-8-7(4-10-3)5-11-9(14)13-8;/h5-6,10H,4H2,1-3H3,(H2,11,12,13,14);1H4. The fourth-order valence-electron chi connectivity index (χ4n) is 1.12. The van der Waals surface area contributed by atoms with E-state index in [2.05, 4.69) is 47.1 Å². The summed E-state index contributed by atoms with van der Waals surface area (Å²) >= 11 is 4.11. The molecule has 1 rings (SSSR count). The lowest BCUT2D eigenvalue weighted by Crippen LogP contribution is -2.16. The summed E-state index contributed by atoms with van der Waals surface area (Å²) in [5.74, 6) is 0.856. The third kappa shape index (κ3) is 4.48. The second kappa shape index (κ2) is 6.63. The molecule has 1 heterocycles. The van der Waals surface area contributed by atoms with Crippen molar-refractivity contribution in [3.63, 3.8) is 0 Å². The summed E-state index contributed by atoms with van der Waals surface area (Å²) < 4.78 is 0. The van der Waals surface area contributed by atoms with Gasteiger partial charge in [0.15, 0.2) is 5.16 Å². The lowest BCUT2D eigenvalue weighted by molar-refractivity contribution is 0.784. The zero-order valence-corrected chi connectivity index (χ0v) is 9.60. The van der Waals surface area contributed by atoms with Crippen molar-refractivity contribution in [2.75, 3.05) is 12.4 Å². The van der Waals surface area contributed by atoms with Gasteiger partial charge in [0, 0.05) is 24.3 Å². The van der Waals surface area contributed by atoms with Gasteiger partial charge in [-0.25, -0.2) is 9.97 Å². The lowest BCUT2D eigenvalue weighted by atomic mass is 10.3. The van der Waals surface area contributed by atoms with Crippen LogP contribution in [0.3, 0.4) is 0 Å². The van der Waals surface area contributed by atoms with Crippen LogP contribution in [0.25, 0.3) is 0 Å². The molecule has 0 bridgehead atoms. The second-order valence-corrected chi connectivity index (χ2v) is 3.77. The molecule has 0 unspecified atom stereocenters. The van der Waals surface area contributed by atoms with Crippen molar-refractivity contribution in [1.29, 1.82) is 0 Å². The van der Waals surface area contributed by atoms with E-state index in [0.29, 0.717) is 11.2 Å². The van der Waals surface area contributed by atoms with Crippen molar-refractivity contribution in [1.82, 2.24) is 15.3 Å². The Kier molecular flexibility index (Phi) is 6.27. The summed E-state index contributed by atoms with van der Waals surface area (Å²) in [5.41, 5.74) is 1.05. The first-order valence-corrected chi connectivity index (χ1v) is 5.04. The van der Waals surface area contributed by atoms with Gasteiger partial charge in [-0.05, 0) is 20.9 Å². The van der Waals surface area contributed by atoms with Crippen LogP contribution in [0.2, 0.25) is 0 Å². The molecule has 0 aromatic carbocycles. The Bertz CT molecular complexity index is 301. The third-order valence-electron chi connectivity index (χ3n) is 1.64. The third-order valence-corrected chi connectivity index (χ3v) is 1.86. The number of nitrogens with zero attached hydrogens (tertiary/aromatic N) is 2. The van der Waals surface area contributed by atoms with Gasteiger partial charge in [0.05, 0.1) is 0 Å². The molecule has 5 heteroatoms. The Morgan fingerprint density at radius 1 is 1.47 bits per heavy atom. The highest BCUT2D eigenvalue weighted by Gasteiger charge is 2.05. The van der Waals surface area contributed by atoms with E-state index in [-0.39, 0.29) is 7.43 Å². The quantitative estimate of drug-likeness (QED) is 0.544. The summed E-state index contributed by atoms with van der Waals surface area (Å²) in [7, 11) is 1.90. The van der Waals surface area contributed by atoms with E-state index in [9.17, 15) is 0 Å². The molecule has 0 saturated heterocycles. The first-order valence-electron chi connectivity index (χ1n) is 4.59. The van der Waals surface area contributed by atoms with Gasteiger partial charge in [0.25, 0.3) is 0 Å². The Morgan fingerprint density at radius 2 is 2.13 bits per heavy atom. The predicted molar refractivity (Wildman–Crippen MR) is 67.5 cm³/mol. The van der Waals surface area contributed by atoms with Crippen LogP contribution >= 0.6 is 12.6 Å². The molecule has 0 aliphatic heterocycles. The van der Waals surface area contributed by atoms with Crippen molar-refractivity contribution in [3.05, 3.63) is 11.8 Å². The second-order valence-electron chi connectivity index (χ2n) is 3.37. The molecule has 0 radical (unpaired) electrons. The molecular weight excluding hydrogens is 208 g/mol. The fourth-order valence-corrected chi connectivity index (χ4v) is 1.27. The number of hydrogen-bond acceptors (Lipinski definition) is 5. The van der Waals surface area contributed by atoms with Crippen molar-refractivity contribution >= 4 is 18.4 Å². The van der Waals surface area contributed by atoms with Gasteiger partial charge in [0.2, 0.25) is 0 Å². The normalized spacial score (nSPS) is 9.93. The van der Waals surface area contributed by atoms with Crippen LogP contribution in [0.4, 0.5) is 5.82 Å². The molecular formula is C10H20N4S. The maximum Gasteiger partial charge on any atom is 0.186 e. The molecule has 1 aromatic rings. The van der Waals surface area contributed by atoms with Crippen molar-refractivity contribution in [2.45, 2.75) is 39.0 Å². The first kappa shape index (κ1) is 14.2. The maximum atomic E-state index is 4.23. The van der Waals surface area contributed by atoms with E-state index in [4.69, 9.17) is 0 Å². The van der Waals surface area contributed by atoms with Gasteiger partial charge in [-0.1, -0.05) is 7.43 Å². The van der Waals surface area contributed by atoms with Crippen molar-refractivity contribution in [3.8, 4) is 0 Å². The zero-order chi connectivity index (χ0) is 10.6. The molecule has 0 aliphatic carbocycles. The minimum Gasteiger partial charge on any atom is -0.367 e. The minimum absolute atomic E-state index is 0. The molecule has 0 aliphatic rings. The summed E-state index contributed by atoms with van der Waals surface area (Å²) in [4.78, 5) is 8.27. The van der Waals surface area contributed by atoms with Crippen LogP contribution in [0.15, 0.2) is 11.4 Å². The Morgan fingerprint density at radius 3 is 2.67 bits per heavy atom. The summed E-state index contributed by atoms with van der Waals surface area (Å²) in [6.07, 6.45) is 1.79. The molecule has 0 amide bonds. The van der Waals surface area contributed by atoms with Gasteiger partial charge in [0.1, 0.15) is 5.82 Å². The summed E-state index contributed by atoms with van der Waals surface area (Å²) in [6.45, 7) is 4.90. The predicted octanol–water partition coefficient (Wildman–Crippen LogP) is 1.94. The van der Waals surface area contributed by atoms with Gasteiger partial charge in [-0.3, -0.25) is 0 Å². The first-order chi connectivity index (χ1) is 6.63.